The van der Waals surface area contributed by atoms with Gasteiger partial charge in [0.2, 0.25) is 0 Å². The van der Waals surface area contributed by atoms with Crippen LogP contribution in [-0.4, -0.2) is 26.7 Å². The largest absolute Gasteiger partial charge is 0.493 e. The molecule has 0 saturated carbocycles. The Morgan fingerprint density at radius 1 is 1.07 bits per heavy atom. The Morgan fingerprint density at radius 2 is 1.86 bits per heavy atom. The molecule has 0 bridgehead atoms. The van der Waals surface area contributed by atoms with Gasteiger partial charge in [0, 0.05) is 18.8 Å². The number of likely N-dealkylation sites (N-methyl/N-ethyl adjacent to an activating group) is 1. The van der Waals surface area contributed by atoms with Gasteiger partial charge in [0.1, 0.15) is 6.07 Å². The van der Waals surface area contributed by atoms with Crippen LogP contribution in [0.4, 0.5) is 5.69 Å². The minimum atomic E-state index is -0.140. The average Bonchev–Trinajstić information content (AvgIpc) is 2.75. The molecule has 3 aromatic rings. The Balaban J connectivity index is 1.75. The number of rotatable bonds is 6. The van der Waals surface area contributed by atoms with Crippen molar-refractivity contribution in [2.75, 3.05) is 25.7 Å². The van der Waals surface area contributed by atoms with E-state index in [0.717, 1.165) is 22.0 Å². The van der Waals surface area contributed by atoms with Gasteiger partial charge in [-0.05, 0) is 46.7 Å². The maximum atomic E-state index is 12.6. The van der Waals surface area contributed by atoms with Crippen molar-refractivity contribution in [1.82, 2.24) is 0 Å². The summed E-state index contributed by atoms with van der Waals surface area (Å²) in [7, 11) is 3.27. The second-order valence-corrected chi connectivity index (χ2v) is 6.12. The number of carbonyl (C=O) groups is 1. The summed E-state index contributed by atoms with van der Waals surface area (Å²) in [6, 6.07) is 21.1. The lowest BCUT2D eigenvalue weighted by molar-refractivity contribution is -0.113. The Morgan fingerprint density at radius 3 is 2.61 bits per heavy atom. The molecule has 0 fully saturated rings. The third kappa shape index (κ3) is 4.30. The first-order valence-electron chi connectivity index (χ1n) is 8.74. The number of hydrogen-bond donors (Lipinski definition) is 0. The lowest BCUT2D eigenvalue weighted by Crippen LogP contribution is -2.23. The molecule has 0 spiro atoms. The van der Waals surface area contributed by atoms with Crippen LogP contribution in [0.25, 0.3) is 16.8 Å². The molecule has 0 heterocycles. The van der Waals surface area contributed by atoms with E-state index in [2.05, 4.69) is 0 Å². The molecule has 3 rings (SSSR count). The molecule has 0 radical (unpaired) electrons. The zero-order valence-electron chi connectivity index (χ0n) is 15.8. The molecule has 5 heteroatoms. The summed E-state index contributed by atoms with van der Waals surface area (Å²) in [5.41, 5.74) is 1.62. The topological polar surface area (TPSA) is 62.6 Å². The minimum Gasteiger partial charge on any atom is -0.493 e. The molecule has 0 unspecified atom stereocenters. The van der Waals surface area contributed by atoms with Gasteiger partial charge < -0.3 is 14.4 Å². The second-order valence-electron chi connectivity index (χ2n) is 6.12. The second kappa shape index (κ2) is 8.74. The standard InChI is InChI=1S/C23H20N2O3/c1-25(20-10-9-18-5-3-4-6-19(18)16-20)23(26)12-8-17-7-11-21(28-14-13-24)22(15-17)27-2/h3-12,15-16H,14H2,1-2H3/b12-8+. The van der Waals surface area contributed by atoms with E-state index in [-0.39, 0.29) is 12.5 Å². The first-order valence-corrected chi connectivity index (χ1v) is 8.74. The number of fused-ring (bicyclic) bond motifs is 1. The molecule has 0 atom stereocenters. The molecule has 5 nitrogen and oxygen atoms in total. The number of methoxy groups -OCH3 is 1. The normalized spacial score (nSPS) is 10.6. The van der Waals surface area contributed by atoms with Crippen molar-refractivity contribution >= 4 is 28.4 Å². The Bertz CT molecular complexity index is 1070. The van der Waals surface area contributed by atoms with Crippen LogP contribution in [0.3, 0.4) is 0 Å². The van der Waals surface area contributed by atoms with Crippen molar-refractivity contribution in [3.8, 4) is 17.6 Å². The third-order valence-electron chi connectivity index (χ3n) is 4.35. The molecule has 1 amide bonds. The first-order chi connectivity index (χ1) is 13.6. The summed E-state index contributed by atoms with van der Waals surface area (Å²) in [6.45, 7) is -0.0550. The molecule has 140 valence electrons. The van der Waals surface area contributed by atoms with Gasteiger partial charge in [0.05, 0.1) is 7.11 Å². The van der Waals surface area contributed by atoms with Crippen LogP contribution in [0.15, 0.2) is 66.7 Å². The lowest BCUT2D eigenvalue weighted by Gasteiger charge is -2.16. The number of carbonyl (C=O) groups excluding carboxylic acids is 1. The number of ether oxygens (including phenoxy) is 2. The first kappa shape index (κ1) is 19.0. The highest BCUT2D eigenvalue weighted by molar-refractivity contribution is 6.04. The third-order valence-corrected chi connectivity index (χ3v) is 4.35. The molecule has 0 aliphatic carbocycles. The van der Waals surface area contributed by atoms with Gasteiger partial charge in [-0.25, -0.2) is 0 Å². The zero-order chi connectivity index (χ0) is 19.9. The van der Waals surface area contributed by atoms with Gasteiger partial charge in [0.25, 0.3) is 5.91 Å². The highest BCUT2D eigenvalue weighted by atomic mass is 16.5. The number of benzene rings is 3. The summed E-state index contributed by atoms with van der Waals surface area (Å²) in [5, 5.41) is 10.8. The molecular formula is C23H20N2O3. The van der Waals surface area contributed by atoms with Crippen LogP contribution in [-0.2, 0) is 4.79 Å². The lowest BCUT2D eigenvalue weighted by atomic mass is 10.1. The molecule has 0 aliphatic heterocycles. The Hall–Kier alpha value is -3.78. The SMILES string of the molecule is COc1cc(/C=C/C(=O)N(C)c2ccc3ccccc3c2)ccc1OCC#N. The van der Waals surface area contributed by atoms with E-state index in [1.54, 1.807) is 36.2 Å². The van der Waals surface area contributed by atoms with Crippen molar-refractivity contribution < 1.29 is 14.3 Å². The van der Waals surface area contributed by atoms with Crippen molar-refractivity contribution in [2.45, 2.75) is 0 Å². The smallest absolute Gasteiger partial charge is 0.250 e. The van der Waals surface area contributed by atoms with E-state index in [9.17, 15) is 4.79 Å². The molecule has 0 N–H and O–H groups in total. The molecule has 0 saturated heterocycles. The maximum Gasteiger partial charge on any atom is 0.250 e. The van der Waals surface area contributed by atoms with Gasteiger partial charge in [-0.1, -0.05) is 36.4 Å². The molecule has 28 heavy (non-hydrogen) atoms. The Labute approximate surface area is 164 Å². The predicted octanol–water partition coefficient (Wildman–Crippen LogP) is 4.43. The van der Waals surface area contributed by atoms with E-state index >= 15 is 0 Å². The van der Waals surface area contributed by atoms with Gasteiger partial charge in [-0.3, -0.25) is 4.79 Å². The predicted molar refractivity (Wildman–Crippen MR) is 110 cm³/mol. The number of anilines is 1. The van der Waals surface area contributed by atoms with Crippen LogP contribution in [0.5, 0.6) is 11.5 Å². The molecule has 3 aromatic carbocycles. The number of hydrogen-bond acceptors (Lipinski definition) is 4. The Kier molecular flexibility index (Phi) is 5.93. The van der Waals surface area contributed by atoms with Gasteiger partial charge >= 0.3 is 0 Å². The van der Waals surface area contributed by atoms with Gasteiger partial charge in [-0.15, -0.1) is 0 Å². The monoisotopic (exact) mass is 372 g/mol. The van der Waals surface area contributed by atoms with Crippen LogP contribution < -0.4 is 14.4 Å². The van der Waals surface area contributed by atoms with Crippen LogP contribution >= 0.6 is 0 Å². The van der Waals surface area contributed by atoms with E-state index < -0.39 is 0 Å². The van der Waals surface area contributed by atoms with E-state index in [1.165, 1.54) is 13.2 Å². The molecular weight excluding hydrogens is 352 g/mol. The zero-order valence-corrected chi connectivity index (χ0v) is 15.8. The van der Waals surface area contributed by atoms with Crippen LogP contribution in [0.2, 0.25) is 0 Å². The number of amides is 1. The summed E-state index contributed by atoms with van der Waals surface area (Å²) in [4.78, 5) is 14.2. The summed E-state index contributed by atoms with van der Waals surface area (Å²) < 4.78 is 10.6. The highest BCUT2D eigenvalue weighted by Crippen LogP contribution is 2.28. The summed E-state index contributed by atoms with van der Waals surface area (Å²) in [5.74, 6) is 0.854. The highest BCUT2D eigenvalue weighted by Gasteiger charge is 2.09. The molecule has 0 aromatic heterocycles. The number of nitrogens with zero attached hydrogens (tertiary/aromatic N) is 2. The number of nitriles is 1. The van der Waals surface area contributed by atoms with Crippen molar-refractivity contribution in [3.05, 3.63) is 72.3 Å². The fraction of sp³-hybridized carbons (Fsp3) is 0.130. The fourth-order valence-corrected chi connectivity index (χ4v) is 2.81. The minimum absolute atomic E-state index is 0.0550. The van der Waals surface area contributed by atoms with E-state index in [0.29, 0.717) is 11.5 Å². The van der Waals surface area contributed by atoms with Crippen molar-refractivity contribution in [2.24, 2.45) is 0 Å². The average molecular weight is 372 g/mol. The van der Waals surface area contributed by atoms with E-state index in [1.807, 2.05) is 48.5 Å². The van der Waals surface area contributed by atoms with Crippen LogP contribution in [0.1, 0.15) is 5.56 Å². The van der Waals surface area contributed by atoms with E-state index in [4.69, 9.17) is 14.7 Å². The summed E-state index contributed by atoms with van der Waals surface area (Å²) in [6.07, 6.45) is 3.23. The quantitative estimate of drug-likeness (QED) is 0.601. The van der Waals surface area contributed by atoms with Gasteiger partial charge in [0.15, 0.2) is 18.1 Å². The van der Waals surface area contributed by atoms with Crippen molar-refractivity contribution in [1.29, 1.82) is 5.26 Å². The molecule has 0 aliphatic rings. The van der Waals surface area contributed by atoms with Crippen LogP contribution in [0, 0.1) is 11.3 Å². The fourth-order valence-electron chi connectivity index (χ4n) is 2.81. The van der Waals surface area contributed by atoms with Gasteiger partial charge in [-0.2, -0.15) is 5.26 Å². The van der Waals surface area contributed by atoms with Crippen molar-refractivity contribution in [3.63, 3.8) is 0 Å². The summed E-state index contributed by atoms with van der Waals surface area (Å²) >= 11 is 0. The maximum absolute atomic E-state index is 12.6.